The highest BCUT2D eigenvalue weighted by Crippen LogP contribution is 2.23. The van der Waals surface area contributed by atoms with E-state index in [2.05, 4.69) is 30.2 Å². The van der Waals surface area contributed by atoms with E-state index in [1.807, 2.05) is 57.8 Å². The molecule has 3 aromatic rings. The Morgan fingerprint density at radius 1 is 1.09 bits per heavy atom. The number of benzene rings is 2. The van der Waals surface area contributed by atoms with E-state index in [-0.39, 0.29) is 11.8 Å². The van der Waals surface area contributed by atoms with E-state index in [1.54, 1.807) is 6.33 Å². The fourth-order valence-corrected chi connectivity index (χ4v) is 4.39. The molecule has 2 heterocycles. The lowest BCUT2D eigenvalue weighted by Gasteiger charge is -2.27. The van der Waals surface area contributed by atoms with Crippen LogP contribution in [0.3, 0.4) is 0 Å². The third-order valence-electron chi connectivity index (χ3n) is 6.11. The summed E-state index contributed by atoms with van der Waals surface area (Å²) in [6.07, 6.45) is 2.99. The molecular formula is C26H33N5O2. The number of aromatic nitrogens is 2. The van der Waals surface area contributed by atoms with Gasteiger partial charge in [-0.2, -0.15) is 0 Å². The van der Waals surface area contributed by atoms with E-state index in [4.69, 9.17) is 0 Å². The number of hydrogen-bond donors (Lipinski definition) is 1. The number of fused-ring (bicyclic) bond motifs is 2. The van der Waals surface area contributed by atoms with Crippen LogP contribution in [-0.4, -0.2) is 52.4 Å². The zero-order valence-corrected chi connectivity index (χ0v) is 19.8. The number of rotatable bonds is 3. The van der Waals surface area contributed by atoms with E-state index in [9.17, 15) is 9.59 Å². The Labute approximate surface area is 195 Å². The van der Waals surface area contributed by atoms with E-state index < -0.39 is 0 Å². The van der Waals surface area contributed by atoms with Crippen molar-refractivity contribution in [3.05, 3.63) is 59.9 Å². The van der Waals surface area contributed by atoms with Crippen LogP contribution in [0.5, 0.6) is 0 Å². The Bertz CT molecular complexity index is 1140. The molecule has 1 aliphatic rings. The van der Waals surface area contributed by atoms with Crippen molar-refractivity contribution in [1.29, 1.82) is 0 Å². The van der Waals surface area contributed by atoms with Crippen molar-refractivity contribution >= 4 is 28.5 Å². The van der Waals surface area contributed by atoms with Crippen LogP contribution in [0.4, 0.5) is 5.69 Å². The van der Waals surface area contributed by atoms with Gasteiger partial charge in [0, 0.05) is 57.4 Å². The molecule has 4 rings (SSSR count). The second-order valence-corrected chi connectivity index (χ2v) is 9.15. The number of nitrogens with zero attached hydrogens (tertiary/aromatic N) is 4. The molecule has 0 fully saturated rings. The number of carbonyl (C=O) groups is 2. The minimum atomic E-state index is 0.00108. The summed E-state index contributed by atoms with van der Waals surface area (Å²) >= 11 is 0. The second kappa shape index (κ2) is 10.2. The average molecular weight is 448 g/mol. The van der Waals surface area contributed by atoms with Crippen LogP contribution in [0.25, 0.3) is 11.0 Å². The summed E-state index contributed by atoms with van der Waals surface area (Å²) in [6.45, 7) is 7.27. The lowest BCUT2D eigenvalue weighted by atomic mass is 10.1. The average Bonchev–Trinajstić information content (AvgIpc) is 3.15. The van der Waals surface area contributed by atoms with Gasteiger partial charge in [0.25, 0.3) is 5.91 Å². The lowest BCUT2D eigenvalue weighted by molar-refractivity contribution is -0.119. The maximum Gasteiger partial charge on any atom is 0.253 e. The first-order chi connectivity index (χ1) is 15.9. The minimum Gasteiger partial charge on any atom is -0.337 e. The fourth-order valence-electron chi connectivity index (χ4n) is 4.39. The van der Waals surface area contributed by atoms with Crippen LogP contribution >= 0.6 is 0 Å². The molecule has 0 saturated carbocycles. The van der Waals surface area contributed by atoms with Gasteiger partial charge in [0.05, 0.1) is 17.4 Å². The Kier molecular flexibility index (Phi) is 7.08. The van der Waals surface area contributed by atoms with Gasteiger partial charge in [-0.25, -0.2) is 4.98 Å². The van der Waals surface area contributed by atoms with Gasteiger partial charge < -0.3 is 19.7 Å². The third-order valence-corrected chi connectivity index (χ3v) is 6.11. The van der Waals surface area contributed by atoms with Crippen LogP contribution in [0, 0.1) is 5.92 Å². The predicted molar refractivity (Wildman–Crippen MR) is 131 cm³/mol. The standard InChI is InChI=1S/C26H33N5O2/c1-19(2)15-25(32)31-13-6-12-30(14-11-27-17-21-7-4-5-8-23(21)31)26(33)20-9-10-24-22(16-20)28-18-29(24)3/h4-5,7-10,16,18-19,27H,6,11-15,17H2,1-3H3. The number of para-hydroxylation sites is 1. The quantitative estimate of drug-likeness (QED) is 0.666. The topological polar surface area (TPSA) is 70.5 Å². The molecule has 2 amide bonds. The van der Waals surface area contributed by atoms with Crippen molar-refractivity contribution in [3.8, 4) is 0 Å². The monoisotopic (exact) mass is 447 g/mol. The van der Waals surface area contributed by atoms with Gasteiger partial charge >= 0.3 is 0 Å². The normalized spacial score (nSPS) is 15.4. The van der Waals surface area contributed by atoms with Crippen LogP contribution in [0.1, 0.15) is 42.6 Å². The third kappa shape index (κ3) is 5.25. The van der Waals surface area contributed by atoms with Gasteiger partial charge in [-0.05, 0) is 42.2 Å². The van der Waals surface area contributed by atoms with E-state index in [0.29, 0.717) is 50.6 Å². The van der Waals surface area contributed by atoms with Crippen LogP contribution in [0.2, 0.25) is 0 Å². The van der Waals surface area contributed by atoms with E-state index in [0.717, 1.165) is 28.7 Å². The summed E-state index contributed by atoms with van der Waals surface area (Å²) < 4.78 is 1.95. The molecule has 33 heavy (non-hydrogen) atoms. The zero-order valence-electron chi connectivity index (χ0n) is 19.8. The first-order valence-corrected chi connectivity index (χ1v) is 11.7. The molecule has 0 bridgehead atoms. The minimum absolute atomic E-state index is 0.00108. The summed E-state index contributed by atoms with van der Waals surface area (Å²) in [4.78, 5) is 34.6. The second-order valence-electron chi connectivity index (χ2n) is 9.15. The highest BCUT2D eigenvalue weighted by atomic mass is 16.2. The van der Waals surface area contributed by atoms with Crippen LogP contribution in [-0.2, 0) is 18.4 Å². The zero-order chi connectivity index (χ0) is 23.4. The largest absolute Gasteiger partial charge is 0.337 e. The van der Waals surface area contributed by atoms with Gasteiger partial charge in [-0.15, -0.1) is 0 Å². The number of nitrogens with one attached hydrogen (secondary N) is 1. The van der Waals surface area contributed by atoms with Crippen molar-refractivity contribution in [2.24, 2.45) is 13.0 Å². The molecule has 1 aliphatic heterocycles. The van der Waals surface area contributed by atoms with Crippen molar-refractivity contribution in [2.45, 2.75) is 33.2 Å². The molecule has 7 nitrogen and oxygen atoms in total. The molecule has 0 aliphatic carbocycles. The maximum atomic E-state index is 13.4. The van der Waals surface area contributed by atoms with Crippen molar-refractivity contribution < 1.29 is 9.59 Å². The fraction of sp³-hybridized carbons (Fsp3) is 0.423. The summed E-state index contributed by atoms with van der Waals surface area (Å²) in [6, 6.07) is 13.8. The Hall–Kier alpha value is -3.19. The highest BCUT2D eigenvalue weighted by molar-refractivity contribution is 5.97. The number of imidazole rings is 1. The van der Waals surface area contributed by atoms with E-state index >= 15 is 0 Å². The Balaban J connectivity index is 1.55. The molecule has 174 valence electrons. The first-order valence-electron chi connectivity index (χ1n) is 11.7. The van der Waals surface area contributed by atoms with Gasteiger partial charge in [0.15, 0.2) is 0 Å². The summed E-state index contributed by atoms with van der Waals surface area (Å²) in [5, 5.41) is 3.46. The SMILES string of the molecule is CC(C)CC(=O)N1CCCN(C(=O)c2ccc3c(c2)ncn3C)CCNCc2ccccc21. The Morgan fingerprint density at radius 3 is 2.73 bits per heavy atom. The predicted octanol–water partition coefficient (Wildman–Crippen LogP) is 3.59. The summed E-state index contributed by atoms with van der Waals surface area (Å²) in [7, 11) is 1.95. The lowest BCUT2D eigenvalue weighted by Crippen LogP contribution is -2.39. The smallest absolute Gasteiger partial charge is 0.253 e. The first kappa shape index (κ1) is 23.0. The summed E-state index contributed by atoms with van der Waals surface area (Å²) in [5.74, 6) is 0.428. The van der Waals surface area contributed by atoms with Crippen molar-refractivity contribution in [2.75, 3.05) is 31.1 Å². The molecule has 1 aromatic heterocycles. The molecule has 0 spiro atoms. The number of carbonyl (C=O) groups excluding carboxylic acids is 2. The Morgan fingerprint density at radius 2 is 1.91 bits per heavy atom. The molecular weight excluding hydrogens is 414 g/mol. The van der Waals surface area contributed by atoms with Crippen LogP contribution in [0.15, 0.2) is 48.8 Å². The van der Waals surface area contributed by atoms with Gasteiger partial charge in [0.2, 0.25) is 5.91 Å². The molecule has 0 radical (unpaired) electrons. The number of anilines is 1. The van der Waals surface area contributed by atoms with Gasteiger partial charge in [-0.1, -0.05) is 32.0 Å². The van der Waals surface area contributed by atoms with Gasteiger partial charge in [-0.3, -0.25) is 9.59 Å². The maximum absolute atomic E-state index is 13.4. The molecule has 0 saturated heterocycles. The summed E-state index contributed by atoms with van der Waals surface area (Å²) in [5.41, 5.74) is 4.54. The number of amides is 2. The van der Waals surface area contributed by atoms with Gasteiger partial charge in [0.1, 0.15) is 0 Å². The highest BCUT2D eigenvalue weighted by Gasteiger charge is 2.22. The van der Waals surface area contributed by atoms with Crippen molar-refractivity contribution in [1.82, 2.24) is 19.8 Å². The molecule has 0 unspecified atom stereocenters. The van der Waals surface area contributed by atoms with E-state index in [1.165, 1.54) is 0 Å². The van der Waals surface area contributed by atoms with Crippen LogP contribution < -0.4 is 10.2 Å². The van der Waals surface area contributed by atoms with Crippen molar-refractivity contribution in [3.63, 3.8) is 0 Å². The molecule has 7 heteroatoms. The molecule has 1 N–H and O–H groups in total. The molecule has 2 aromatic carbocycles. The number of aryl methyl sites for hydroxylation is 1. The molecule has 0 atom stereocenters. The number of hydrogen-bond acceptors (Lipinski definition) is 4.